The van der Waals surface area contributed by atoms with Crippen molar-refractivity contribution in [3.05, 3.63) is 32.6 Å². The van der Waals surface area contributed by atoms with Gasteiger partial charge in [-0.3, -0.25) is 19.1 Å². The van der Waals surface area contributed by atoms with Crippen molar-refractivity contribution in [2.75, 3.05) is 13.2 Å². The SMILES string of the molecule is CC(C)(C)OC(=O)CNCc1cn([C@@H]2O[C@H](CO[Si](C)(C)C(C)(C)C)C(O[Si](C)(C)C(C)(C)C)C2O[Si](C)(C)C(C)(C)C)c(=O)[nH]c1=O. The molecule has 1 saturated heterocycles. The Kier molecular flexibility index (Phi) is 13.1. The Morgan fingerprint density at radius 1 is 0.812 bits per heavy atom. The first kappa shape index (κ1) is 42.8. The second-order valence-corrected chi connectivity index (χ2v) is 33.2. The highest BCUT2D eigenvalue weighted by atomic mass is 28.4. The lowest BCUT2D eigenvalue weighted by Crippen LogP contribution is -2.55. The van der Waals surface area contributed by atoms with E-state index in [1.807, 2.05) is 0 Å². The number of nitrogens with one attached hydrogen (secondary N) is 2. The Bertz CT molecular complexity index is 1380. The molecule has 48 heavy (non-hydrogen) atoms. The fraction of sp³-hybridized carbons (Fsp3) is 0.853. The van der Waals surface area contributed by atoms with Gasteiger partial charge >= 0.3 is 11.7 Å². The zero-order chi connectivity index (χ0) is 37.5. The number of carbonyl (C=O) groups is 1. The molecule has 1 fully saturated rings. The molecule has 0 amide bonds. The molecule has 0 aliphatic carbocycles. The van der Waals surface area contributed by atoms with Gasteiger partial charge in [0.2, 0.25) is 0 Å². The second kappa shape index (κ2) is 14.7. The van der Waals surface area contributed by atoms with Gasteiger partial charge in [0.1, 0.15) is 23.9 Å². The van der Waals surface area contributed by atoms with Crippen molar-refractivity contribution in [2.45, 2.75) is 174 Å². The van der Waals surface area contributed by atoms with Gasteiger partial charge in [-0.1, -0.05) is 62.3 Å². The molecule has 2 rings (SSSR count). The van der Waals surface area contributed by atoms with Gasteiger partial charge in [0.25, 0.3) is 5.56 Å². The molecule has 1 aliphatic heterocycles. The van der Waals surface area contributed by atoms with Crippen molar-refractivity contribution < 1.29 is 27.5 Å². The zero-order valence-corrected chi connectivity index (χ0v) is 36.2. The predicted molar refractivity (Wildman–Crippen MR) is 200 cm³/mol. The summed E-state index contributed by atoms with van der Waals surface area (Å²) in [5, 5.41) is 2.72. The predicted octanol–water partition coefficient (Wildman–Crippen LogP) is 6.67. The summed E-state index contributed by atoms with van der Waals surface area (Å²) in [5.74, 6) is -0.440. The normalized spacial score (nSPS) is 21.9. The number of hydrogen-bond donors (Lipinski definition) is 2. The molecule has 1 aliphatic rings. The molecular weight excluding hydrogens is 663 g/mol. The molecule has 11 nitrogen and oxygen atoms in total. The monoisotopic (exact) mass is 729 g/mol. The van der Waals surface area contributed by atoms with Crippen LogP contribution in [0.25, 0.3) is 0 Å². The topological polar surface area (TPSA) is 130 Å². The summed E-state index contributed by atoms with van der Waals surface area (Å²) in [6, 6.07) is 0. The van der Waals surface area contributed by atoms with Gasteiger partial charge in [0, 0.05) is 18.3 Å². The molecule has 1 aromatic rings. The molecule has 2 heterocycles. The number of hydrogen-bond acceptors (Lipinski definition) is 9. The lowest BCUT2D eigenvalue weighted by molar-refractivity contribution is -0.153. The number of carbonyl (C=O) groups excluding carboxylic acids is 1. The van der Waals surface area contributed by atoms with Gasteiger partial charge in [-0.2, -0.15) is 0 Å². The molecule has 2 N–H and O–H groups in total. The van der Waals surface area contributed by atoms with Crippen LogP contribution in [0.2, 0.25) is 54.4 Å². The van der Waals surface area contributed by atoms with Crippen molar-refractivity contribution in [3.63, 3.8) is 0 Å². The number of nitrogens with zero attached hydrogens (tertiary/aromatic N) is 1. The first-order chi connectivity index (χ1) is 21.3. The molecule has 0 bridgehead atoms. The quantitative estimate of drug-likeness (QED) is 0.179. The summed E-state index contributed by atoms with van der Waals surface area (Å²) in [4.78, 5) is 41.3. The lowest BCUT2D eigenvalue weighted by Gasteiger charge is -2.44. The molecule has 278 valence electrons. The molecule has 2 unspecified atom stereocenters. The van der Waals surface area contributed by atoms with Crippen molar-refractivity contribution in [1.82, 2.24) is 14.9 Å². The highest BCUT2D eigenvalue weighted by Crippen LogP contribution is 2.46. The maximum Gasteiger partial charge on any atom is 0.330 e. The summed E-state index contributed by atoms with van der Waals surface area (Å²) in [5.41, 5.74) is -1.51. The third kappa shape index (κ3) is 10.8. The standard InChI is InChI=1S/C34H67N3O8Si3/c1-31(2,3)43-25(38)20-35-19-23-21-37(30(40)36-28(23)39)29-27(45-48(17,18)34(10,11)12)26(44-47(15,16)33(7,8)9)24(42-29)22-41-46(13,14)32(4,5)6/h21,24,26-27,29,35H,19-20,22H2,1-18H3,(H,36,39,40)/t24-,26?,27?,29-/m1/s1. The van der Waals surface area contributed by atoms with E-state index in [9.17, 15) is 14.4 Å². The van der Waals surface area contributed by atoms with Crippen LogP contribution in [0.15, 0.2) is 15.8 Å². The largest absolute Gasteiger partial charge is 0.459 e. The third-order valence-electron chi connectivity index (χ3n) is 10.5. The smallest absolute Gasteiger partial charge is 0.330 e. The number of H-pyrrole nitrogens is 1. The fourth-order valence-electron chi connectivity index (χ4n) is 4.39. The van der Waals surface area contributed by atoms with E-state index in [0.29, 0.717) is 0 Å². The van der Waals surface area contributed by atoms with E-state index in [1.54, 1.807) is 20.8 Å². The Balaban J connectivity index is 2.66. The van der Waals surface area contributed by atoms with E-state index in [-0.39, 0.29) is 40.4 Å². The summed E-state index contributed by atoms with van der Waals surface area (Å²) in [6.07, 6.45) is -1.09. The number of esters is 1. The van der Waals surface area contributed by atoms with Gasteiger partial charge in [-0.05, 0) is 75.2 Å². The van der Waals surface area contributed by atoms with Crippen LogP contribution >= 0.6 is 0 Å². The summed E-state index contributed by atoms with van der Waals surface area (Å²) < 4.78 is 34.7. The van der Waals surface area contributed by atoms with Gasteiger partial charge < -0.3 is 28.1 Å². The molecule has 0 saturated carbocycles. The maximum atomic E-state index is 13.6. The molecule has 4 atom stereocenters. The summed E-state index contributed by atoms with van der Waals surface area (Å²) in [6.45, 7) is 38.5. The van der Waals surface area contributed by atoms with Gasteiger partial charge in [-0.25, -0.2) is 4.79 Å². The number of rotatable bonds is 12. The van der Waals surface area contributed by atoms with E-state index in [1.165, 1.54) is 10.8 Å². The van der Waals surface area contributed by atoms with Gasteiger partial charge in [0.05, 0.1) is 13.2 Å². The molecule has 0 radical (unpaired) electrons. The van der Waals surface area contributed by atoms with Crippen LogP contribution in [0.1, 0.15) is 94.9 Å². The summed E-state index contributed by atoms with van der Waals surface area (Å²) in [7, 11) is -7.02. The van der Waals surface area contributed by atoms with E-state index >= 15 is 0 Å². The van der Waals surface area contributed by atoms with Crippen LogP contribution in [0.4, 0.5) is 0 Å². The van der Waals surface area contributed by atoms with Crippen molar-refractivity contribution in [1.29, 1.82) is 0 Å². The van der Waals surface area contributed by atoms with Crippen LogP contribution in [0.3, 0.4) is 0 Å². The highest BCUT2D eigenvalue weighted by Gasteiger charge is 2.55. The number of aromatic amines is 1. The zero-order valence-electron chi connectivity index (χ0n) is 33.2. The Morgan fingerprint density at radius 3 is 1.75 bits per heavy atom. The van der Waals surface area contributed by atoms with Crippen LogP contribution in [-0.2, 0) is 34.1 Å². The van der Waals surface area contributed by atoms with Gasteiger partial charge in [-0.15, -0.1) is 0 Å². The minimum atomic E-state index is -2.45. The average Bonchev–Trinajstić information content (AvgIpc) is 3.16. The Morgan fingerprint density at radius 2 is 1.29 bits per heavy atom. The highest BCUT2D eigenvalue weighted by molar-refractivity contribution is 6.75. The van der Waals surface area contributed by atoms with Crippen LogP contribution in [-0.4, -0.2) is 77.5 Å². The fourth-order valence-corrected chi connectivity index (χ4v) is 8.01. The molecular formula is C34H67N3O8Si3. The number of aromatic nitrogens is 2. The van der Waals surface area contributed by atoms with E-state index in [2.05, 4.69) is 112 Å². The van der Waals surface area contributed by atoms with Crippen LogP contribution in [0, 0.1) is 0 Å². The summed E-state index contributed by atoms with van der Waals surface area (Å²) >= 11 is 0. The minimum absolute atomic E-state index is 0.0190. The van der Waals surface area contributed by atoms with E-state index in [0.717, 1.165) is 0 Å². The van der Waals surface area contributed by atoms with Gasteiger partial charge in [0.15, 0.2) is 31.2 Å². The van der Waals surface area contributed by atoms with E-state index < -0.39 is 72.3 Å². The first-order valence-electron chi connectivity index (χ1n) is 17.2. The van der Waals surface area contributed by atoms with Crippen molar-refractivity contribution in [2.24, 2.45) is 0 Å². The third-order valence-corrected chi connectivity index (χ3v) is 23.9. The molecule has 0 aromatic carbocycles. The van der Waals surface area contributed by atoms with Crippen molar-refractivity contribution in [3.8, 4) is 0 Å². The number of ether oxygens (including phenoxy) is 2. The van der Waals surface area contributed by atoms with Crippen LogP contribution in [0.5, 0.6) is 0 Å². The Hall–Kier alpha value is -1.40. The molecule has 0 spiro atoms. The average molecular weight is 730 g/mol. The minimum Gasteiger partial charge on any atom is -0.459 e. The Labute approximate surface area is 292 Å². The molecule has 14 heteroatoms. The second-order valence-electron chi connectivity index (χ2n) is 18.8. The van der Waals surface area contributed by atoms with Crippen molar-refractivity contribution >= 4 is 30.9 Å². The maximum absolute atomic E-state index is 13.6. The van der Waals surface area contributed by atoms with Crippen LogP contribution < -0.4 is 16.6 Å². The molecule has 1 aromatic heterocycles. The van der Waals surface area contributed by atoms with E-state index in [4.69, 9.17) is 22.8 Å². The lowest BCUT2D eigenvalue weighted by atomic mass is 10.1. The first-order valence-corrected chi connectivity index (χ1v) is 25.9.